The minimum atomic E-state index is -4.31. The van der Waals surface area contributed by atoms with Crippen molar-refractivity contribution in [2.24, 2.45) is 11.8 Å². The van der Waals surface area contributed by atoms with Crippen molar-refractivity contribution in [2.75, 3.05) is 44.2 Å². The van der Waals surface area contributed by atoms with E-state index in [9.17, 15) is 31.1 Å². The maximum atomic E-state index is 13.5. The fraction of sp³-hybridized carbons (Fsp3) is 0.479. The van der Waals surface area contributed by atoms with Gasteiger partial charge in [-0.1, -0.05) is 60.3 Å². The summed E-state index contributed by atoms with van der Waals surface area (Å²) in [4.78, 5) is 19.9. The molecule has 0 aromatic heterocycles. The molecule has 4 fully saturated rings. The molecule has 0 spiro atoms. The van der Waals surface area contributed by atoms with Crippen LogP contribution in [0.25, 0.3) is 0 Å². The van der Waals surface area contributed by atoms with E-state index in [0.29, 0.717) is 23.4 Å². The molecule has 328 valence electrons. The first kappa shape index (κ1) is 46.2. The summed E-state index contributed by atoms with van der Waals surface area (Å²) in [5.74, 6) is 2.88. The molecular weight excluding hydrogens is 870 g/mol. The van der Waals surface area contributed by atoms with Crippen LogP contribution >= 0.6 is 46.7 Å². The van der Waals surface area contributed by atoms with Gasteiger partial charge in [-0.05, 0) is 154 Å². The van der Waals surface area contributed by atoms with Crippen molar-refractivity contribution in [3.8, 4) is 0 Å². The van der Waals surface area contributed by atoms with E-state index in [4.69, 9.17) is 23.2 Å². The average Bonchev–Trinajstić information content (AvgIpc) is 3.21. The van der Waals surface area contributed by atoms with Crippen molar-refractivity contribution in [3.05, 3.63) is 129 Å². The Hall–Kier alpha value is -2.83. The number of alkyl halides is 6. The molecule has 2 unspecified atom stereocenters. The van der Waals surface area contributed by atoms with Crippen LogP contribution in [0.5, 0.6) is 0 Å². The van der Waals surface area contributed by atoms with Gasteiger partial charge in [0.05, 0.1) is 16.5 Å². The second-order valence-corrected chi connectivity index (χ2v) is 20.3. The molecular formula is C48H52Cl2F6N2OS2. The number of carbonyl (C=O) groups excluding carboxylic acids is 1. The molecule has 4 aromatic carbocycles. The molecule has 61 heavy (non-hydrogen) atoms. The number of carbonyl (C=O) groups is 1. The van der Waals surface area contributed by atoms with Crippen LogP contribution in [0.4, 0.5) is 26.3 Å². The largest absolute Gasteiger partial charge is 0.416 e. The molecule has 3 nitrogen and oxygen atoms in total. The molecule has 2 aliphatic heterocycles. The normalized spacial score (nSPS) is 21.4. The van der Waals surface area contributed by atoms with E-state index in [1.54, 1.807) is 35.7 Å². The molecule has 2 saturated heterocycles. The lowest BCUT2D eigenvalue weighted by Crippen LogP contribution is -2.53. The first-order valence-electron chi connectivity index (χ1n) is 21.3. The SMILES string of the molecule is FC(F)(F)c1ccc(SCC2CCCN(CC3(c4ccc(Cl)cc4)CCC3)C2)cc1.O=C(N1CCCC(CSc2ccc(C(F)(F)F)cc2)C1)C1(c2ccc(Cl)cc2)CCC1. The van der Waals surface area contributed by atoms with Gasteiger partial charge in [-0.2, -0.15) is 26.3 Å². The Labute approximate surface area is 374 Å². The number of thioether (sulfide) groups is 2. The van der Waals surface area contributed by atoms with Crippen LogP contribution in [0, 0.1) is 11.8 Å². The molecule has 4 aliphatic rings. The molecule has 2 saturated carbocycles. The van der Waals surface area contributed by atoms with Gasteiger partial charge in [0.25, 0.3) is 0 Å². The summed E-state index contributed by atoms with van der Waals surface area (Å²) < 4.78 is 76.4. The summed E-state index contributed by atoms with van der Waals surface area (Å²) in [6.45, 7) is 4.78. The molecule has 0 N–H and O–H groups in total. The van der Waals surface area contributed by atoms with Crippen LogP contribution < -0.4 is 0 Å². The number of likely N-dealkylation sites (tertiary alicyclic amines) is 2. The molecule has 0 bridgehead atoms. The van der Waals surface area contributed by atoms with Gasteiger partial charge in [-0.3, -0.25) is 4.79 Å². The Kier molecular flexibility index (Phi) is 15.1. The Bertz CT molecular complexity index is 2040. The van der Waals surface area contributed by atoms with Crippen LogP contribution in [-0.2, 0) is 28.0 Å². The maximum Gasteiger partial charge on any atom is 0.416 e. The predicted molar refractivity (Wildman–Crippen MR) is 237 cm³/mol. The summed E-state index contributed by atoms with van der Waals surface area (Å²) in [6.07, 6.45) is 2.33. The number of halogens is 8. The third kappa shape index (κ3) is 11.7. The van der Waals surface area contributed by atoms with Crippen LogP contribution in [0.1, 0.15) is 86.5 Å². The number of hydrogen-bond donors (Lipinski definition) is 0. The van der Waals surface area contributed by atoms with Crippen molar-refractivity contribution < 1.29 is 31.1 Å². The van der Waals surface area contributed by atoms with Gasteiger partial charge in [0.15, 0.2) is 0 Å². The lowest BCUT2D eigenvalue weighted by atomic mass is 9.63. The van der Waals surface area contributed by atoms with E-state index >= 15 is 0 Å². The highest BCUT2D eigenvalue weighted by atomic mass is 35.5. The lowest BCUT2D eigenvalue weighted by Gasteiger charge is -2.47. The number of rotatable bonds is 11. The van der Waals surface area contributed by atoms with E-state index in [2.05, 4.69) is 17.0 Å². The fourth-order valence-electron chi connectivity index (χ4n) is 9.33. The zero-order valence-electron chi connectivity index (χ0n) is 34.1. The summed E-state index contributed by atoms with van der Waals surface area (Å²) in [6, 6.07) is 26.9. The molecule has 8 rings (SSSR count). The van der Waals surface area contributed by atoms with E-state index < -0.39 is 28.9 Å². The number of benzene rings is 4. The molecule has 0 radical (unpaired) electrons. The van der Waals surface area contributed by atoms with Crippen LogP contribution in [0.2, 0.25) is 10.0 Å². The third-order valence-electron chi connectivity index (χ3n) is 13.1. The van der Waals surface area contributed by atoms with Crippen LogP contribution in [0.3, 0.4) is 0 Å². The standard InChI is InChI=1S/C24H25ClF3NOS.C24H27ClF3NS/c25-20-8-4-18(5-9-20)23(12-2-13-23)22(30)29-14-1-3-17(15-29)16-31-21-10-6-19(7-11-21)24(26,27)28;25-21-8-4-19(5-9-21)23(12-2-13-23)17-29-14-1-3-18(15-29)16-30-22-10-6-20(7-11-22)24(26,27)28/h4-11,17H,1-3,12-16H2;4-11,18H,1-3,12-17H2. The van der Waals surface area contributed by atoms with Crippen molar-refractivity contribution in [1.82, 2.24) is 9.80 Å². The van der Waals surface area contributed by atoms with Crippen molar-refractivity contribution in [1.29, 1.82) is 0 Å². The highest BCUT2D eigenvalue weighted by molar-refractivity contribution is 7.99. The molecule has 2 heterocycles. The average molecular weight is 922 g/mol. The number of piperidine rings is 2. The second kappa shape index (κ2) is 19.9. The highest BCUT2D eigenvalue weighted by Gasteiger charge is 2.48. The molecule has 2 aliphatic carbocycles. The topological polar surface area (TPSA) is 23.6 Å². The highest BCUT2D eigenvalue weighted by Crippen LogP contribution is 2.47. The first-order chi connectivity index (χ1) is 29.1. The smallest absolute Gasteiger partial charge is 0.342 e. The zero-order chi connectivity index (χ0) is 43.3. The molecule has 13 heteroatoms. The van der Waals surface area contributed by atoms with Crippen molar-refractivity contribution in [3.63, 3.8) is 0 Å². The Morgan fingerprint density at radius 3 is 1.49 bits per heavy atom. The van der Waals surface area contributed by atoms with Crippen LogP contribution in [0.15, 0.2) is 107 Å². The minimum Gasteiger partial charge on any atom is -0.342 e. The van der Waals surface area contributed by atoms with E-state index in [1.807, 2.05) is 41.3 Å². The predicted octanol–water partition coefficient (Wildman–Crippen LogP) is 14.1. The molecule has 1 amide bonds. The summed E-state index contributed by atoms with van der Waals surface area (Å²) in [7, 11) is 0. The monoisotopic (exact) mass is 920 g/mol. The zero-order valence-corrected chi connectivity index (χ0v) is 37.2. The summed E-state index contributed by atoms with van der Waals surface area (Å²) in [5.41, 5.74) is 1.08. The van der Waals surface area contributed by atoms with Crippen molar-refractivity contribution in [2.45, 2.75) is 97.2 Å². The molecule has 4 aromatic rings. The summed E-state index contributed by atoms with van der Waals surface area (Å²) in [5, 5.41) is 1.45. The van der Waals surface area contributed by atoms with Gasteiger partial charge in [0, 0.05) is 62.9 Å². The fourth-order valence-corrected chi connectivity index (χ4v) is 11.6. The quantitative estimate of drug-likeness (QED) is 0.110. The Balaban J connectivity index is 0.000000184. The number of hydrogen-bond acceptors (Lipinski definition) is 4. The lowest BCUT2D eigenvalue weighted by molar-refractivity contribution is -0.142. The van der Waals surface area contributed by atoms with Gasteiger partial charge in [0.1, 0.15) is 0 Å². The second-order valence-electron chi connectivity index (χ2n) is 17.3. The minimum absolute atomic E-state index is 0.213. The van der Waals surface area contributed by atoms with Crippen LogP contribution in [-0.4, -0.2) is 59.9 Å². The van der Waals surface area contributed by atoms with Gasteiger partial charge in [-0.25, -0.2) is 0 Å². The van der Waals surface area contributed by atoms with Crippen molar-refractivity contribution >= 4 is 52.6 Å². The molecule has 2 atom stereocenters. The first-order valence-corrected chi connectivity index (χ1v) is 24.0. The van der Waals surface area contributed by atoms with Gasteiger partial charge in [0.2, 0.25) is 5.91 Å². The third-order valence-corrected chi connectivity index (χ3v) is 16.0. The van der Waals surface area contributed by atoms with Gasteiger partial charge >= 0.3 is 12.4 Å². The maximum absolute atomic E-state index is 13.5. The Morgan fingerprint density at radius 1 is 0.590 bits per heavy atom. The summed E-state index contributed by atoms with van der Waals surface area (Å²) >= 11 is 15.4. The Morgan fingerprint density at radius 2 is 1.05 bits per heavy atom. The van der Waals surface area contributed by atoms with E-state index in [0.717, 1.165) is 102 Å². The van der Waals surface area contributed by atoms with Gasteiger partial charge < -0.3 is 9.80 Å². The van der Waals surface area contributed by atoms with E-state index in [-0.39, 0.29) is 11.3 Å². The number of nitrogens with zero attached hydrogens (tertiary/aromatic N) is 2. The van der Waals surface area contributed by atoms with E-state index in [1.165, 1.54) is 61.9 Å². The number of amides is 1. The van der Waals surface area contributed by atoms with Gasteiger partial charge in [-0.15, -0.1) is 23.5 Å².